The standard InChI is InChI=1S/C18H27N7O/c1-3-20-18(19)25(2)11-12-4-6-13(7-5-12)17(26)23-15-8-9-21-16-14(15)10-22-24-16/h8-10,12-13H,3-7,11H2,1-2H3,(H2,19,20)(H2,21,22,23,24,26). The molecule has 8 nitrogen and oxygen atoms in total. The summed E-state index contributed by atoms with van der Waals surface area (Å²) in [6.07, 6.45) is 7.21. The average molecular weight is 357 g/mol. The molecule has 8 heteroatoms. The molecule has 140 valence electrons. The van der Waals surface area contributed by atoms with Crippen LogP contribution in [0.1, 0.15) is 32.6 Å². The van der Waals surface area contributed by atoms with Crippen LogP contribution in [0.4, 0.5) is 5.69 Å². The van der Waals surface area contributed by atoms with E-state index in [1.165, 1.54) is 0 Å². The van der Waals surface area contributed by atoms with E-state index in [0.29, 0.717) is 24.1 Å². The highest BCUT2D eigenvalue weighted by Crippen LogP contribution is 2.30. The molecule has 0 aliphatic heterocycles. The van der Waals surface area contributed by atoms with Crippen LogP contribution < -0.4 is 11.1 Å². The topological polar surface area (TPSA) is 112 Å². The van der Waals surface area contributed by atoms with E-state index in [1.807, 2.05) is 24.9 Å². The summed E-state index contributed by atoms with van der Waals surface area (Å²) >= 11 is 0. The minimum absolute atomic E-state index is 0.0494. The molecule has 3 rings (SSSR count). The second-order valence-corrected chi connectivity index (χ2v) is 6.91. The molecule has 0 aromatic carbocycles. The molecule has 26 heavy (non-hydrogen) atoms. The van der Waals surface area contributed by atoms with E-state index in [0.717, 1.165) is 43.3 Å². The monoisotopic (exact) mass is 357 g/mol. The van der Waals surface area contributed by atoms with Gasteiger partial charge in [-0.05, 0) is 44.6 Å². The van der Waals surface area contributed by atoms with Crippen molar-refractivity contribution in [1.82, 2.24) is 20.1 Å². The van der Waals surface area contributed by atoms with E-state index in [9.17, 15) is 4.79 Å². The minimum Gasteiger partial charge on any atom is -0.370 e. The number of anilines is 1. The van der Waals surface area contributed by atoms with Gasteiger partial charge in [0, 0.05) is 32.3 Å². The van der Waals surface area contributed by atoms with Gasteiger partial charge in [-0.25, -0.2) is 4.98 Å². The Morgan fingerprint density at radius 2 is 2.19 bits per heavy atom. The van der Waals surface area contributed by atoms with Crippen molar-refractivity contribution in [3.63, 3.8) is 0 Å². The molecule has 2 aromatic heterocycles. The quantitative estimate of drug-likeness (QED) is 0.559. The molecule has 0 unspecified atom stereocenters. The minimum atomic E-state index is 0.0494. The highest BCUT2D eigenvalue weighted by atomic mass is 16.1. The molecule has 1 aliphatic rings. The molecule has 1 fully saturated rings. The Morgan fingerprint density at radius 3 is 2.92 bits per heavy atom. The number of hydrogen-bond donors (Lipinski definition) is 3. The van der Waals surface area contributed by atoms with E-state index in [4.69, 9.17) is 5.73 Å². The molecule has 0 saturated heterocycles. The first-order chi connectivity index (χ1) is 12.6. The number of pyridine rings is 1. The van der Waals surface area contributed by atoms with E-state index < -0.39 is 0 Å². The van der Waals surface area contributed by atoms with Crippen molar-refractivity contribution in [2.24, 2.45) is 22.6 Å². The molecular formula is C18H27N7O. The number of carbonyl (C=O) groups is 1. The predicted molar refractivity (Wildman–Crippen MR) is 103 cm³/mol. The van der Waals surface area contributed by atoms with Crippen LogP contribution >= 0.6 is 0 Å². The van der Waals surface area contributed by atoms with Crippen LogP contribution in [-0.4, -0.2) is 52.1 Å². The number of nitrogens with two attached hydrogens (primary N) is 1. The molecule has 2 aromatic rings. The second kappa shape index (κ2) is 8.16. The zero-order chi connectivity index (χ0) is 18.5. The first-order valence-corrected chi connectivity index (χ1v) is 9.18. The van der Waals surface area contributed by atoms with E-state index in [1.54, 1.807) is 12.4 Å². The van der Waals surface area contributed by atoms with Gasteiger partial charge in [-0.2, -0.15) is 5.10 Å². The van der Waals surface area contributed by atoms with Gasteiger partial charge in [0.1, 0.15) is 0 Å². The Labute approximate surface area is 153 Å². The maximum absolute atomic E-state index is 12.6. The lowest BCUT2D eigenvalue weighted by molar-refractivity contribution is -0.121. The number of nitrogens with one attached hydrogen (secondary N) is 2. The number of nitrogens with zero attached hydrogens (tertiary/aromatic N) is 4. The number of guanidine groups is 1. The largest absolute Gasteiger partial charge is 0.370 e. The normalized spacial score (nSPS) is 20.9. The van der Waals surface area contributed by atoms with E-state index in [-0.39, 0.29) is 11.8 Å². The summed E-state index contributed by atoms with van der Waals surface area (Å²) in [5.74, 6) is 1.27. The molecule has 1 saturated carbocycles. The number of carbonyl (C=O) groups excluding carboxylic acids is 1. The number of H-pyrrole nitrogens is 1. The van der Waals surface area contributed by atoms with Crippen LogP contribution in [0.3, 0.4) is 0 Å². The third kappa shape index (κ3) is 4.12. The molecule has 0 radical (unpaired) electrons. The smallest absolute Gasteiger partial charge is 0.227 e. The molecule has 0 spiro atoms. The number of aliphatic imine (C=N–C) groups is 1. The summed E-state index contributed by atoms with van der Waals surface area (Å²) < 4.78 is 0. The molecular weight excluding hydrogens is 330 g/mol. The van der Waals surface area contributed by atoms with Crippen LogP contribution in [0.25, 0.3) is 11.0 Å². The highest BCUT2D eigenvalue weighted by Gasteiger charge is 2.27. The Kier molecular flexibility index (Phi) is 5.70. The van der Waals surface area contributed by atoms with E-state index in [2.05, 4.69) is 25.5 Å². The summed E-state index contributed by atoms with van der Waals surface area (Å²) in [5.41, 5.74) is 7.39. The summed E-state index contributed by atoms with van der Waals surface area (Å²) in [7, 11) is 1.98. The van der Waals surface area contributed by atoms with Gasteiger partial charge in [0.15, 0.2) is 11.6 Å². The maximum Gasteiger partial charge on any atom is 0.227 e. The van der Waals surface area contributed by atoms with Crippen molar-refractivity contribution in [3.05, 3.63) is 18.5 Å². The summed E-state index contributed by atoms with van der Waals surface area (Å²) in [5, 5.41) is 10.7. The maximum atomic E-state index is 12.6. The van der Waals surface area contributed by atoms with Crippen molar-refractivity contribution in [2.75, 3.05) is 25.5 Å². The fourth-order valence-corrected chi connectivity index (χ4v) is 3.57. The van der Waals surface area contributed by atoms with Crippen molar-refractivity contribution in [2.45, 2.75) is 32.6 Å². The van der Waals surface area contributed by atoms with Gasteiger partial charge in [-0.15, -0.1) is 0 Å². The van der Waals surface area contributed by atoms with Gasteiger partial charge in [-0.3, -0.25) is 14.9 Å². The number of amides is 1. The fourth-order valence-electron chi connectivity index (χ4n) is 3.57. The van der Waals surface area contributed by atoms with Crippen LogP contribution in [0.2, 0.25) is 0 Å². The molecule has 0 atom stereocenters. The Balaban J connectivity index is 1.52. The first kappa shape index (κ1) is 18.2. The number of hydrogen-bond acceptors (Lipinski definition) is 4. The van der Waals surface area contributed by atoms with Crippen LogP contribution in [-0.2, 0) is 4.79 Å². The van der Waals surface area contributed by atoms with Crippen molar-refractivity contribution in [1.29, 1.82) is 0 Å². The summed E-state index contributed by atoms with van der Waals surface area (Å²) in [6, 6.07) is 1.81. The lowest BCUT2D eigenvalue weighted by atomic mass is 9.81. The number of aromatic amines is 1. The predicted octanol–water partition coefficient (Wildman–Crippen LogP) is 1.97. The van der Waals surface area contributed by atoms with Crippen LogP contribution in [0, 0.1) is 11.8 Å². The van der Waals surface area contributed by atoms with Gasteiger partial charge < -0.3 is 16.0 Å². The third-order valence-electron chi connectivity index (χ3n) is 5.07. The SMILES string of the molecule is CCN=C(N)N(C)CC1CCC(C(=O)Nc2ccnc3[nH]ncc23)CC1. The number of rotatable bonds is 5. The third-order valence-corrected chi connectivity index (χ3v) is 5.07. The first-order valence-electron chi connectivity index (χ1n) is 9.18. The molecule has 2 heterocycles. The van der Waals surface area contributed by atoms with Crippen molar-refractivity contribution < 1.29 is 4.79 Å². The Bertz CT molecular complexity index is 777. The van der Waals surface area contributed by atoms with Gasteiger partial charge in [0.05, 0.1) is 17.3 Å². The highest BCUT2D eigenvalue weighted by molar-refractivity contribution is 6.00. The number of fused-ring (bicyclic) bond motifs is 1. The van der Waals surface area contributed by atoms with Crippen LogP contribution in [0.5, 0.6) is 0 Å². The van der Waals surface area contributed by atoms with E-state index >= 15 is 0 Å². The lowest BCUT2D eigenvalue weighted by Gasteiger charge is -2.31. The summed E-state index contributed by atoms with van der Waals surface area (Å²) in [4.78, 5) is 23.1. The fraction of sp³-hybridized carbons (Fsp3) is 0.556. The van der Waals surface area contributed by atoms with Gasteiger partial charge >= 0.3 is 0 Å². The molecule has 1 amide bonds. The number of aromatic nitrogens is 3. The lowest BCUT2D eigenvalue weighted by Crippen LogP contribution is -2.39. The molecule has 4 N–H and O–H groups in total. The van der Waals surface area contributed by atoms with Crippen molar-refractivity contribution in [3.8, 4) is 0 Å². The summed E-state index contributed by atoms with van der Waals surface area (Å²) in [6.45, 7) is 3.57. The average Bonchev–Trinajstić information content (AvgIpc) is 3.12. The Hall–Kier alpha value is -2.64. The zero-order valence-electron chi connectivity index (χ0n) is 15.4. The zero-order valence-corrected chi connectivity index (χ0v) is 15.4. The van der Waals surface area contributed by atoms with Crippen LogP contribution in [0.15, 0.2) is 23.5 Å². The van der Waals surface area contributed by atoms with Gasteiger partial charge in [0.25, 0.3) is 0 Å². The molecule has 1 aliphatic carbocycles. The van der Waals surface area contributed by atoms with Crippen molar-refractivity contribution >= 4 is 28.6 Å². The second-order valence-electron chi connectivity index (χ2n) is 6.91. The van der Waals surface area contributed by atoms with Gasteiger partial charge in [-0.1, -0.05) is 0 Å². The van der Waals surface area contributed by atoms with Gasteiger partial charge in [0.2, 0.25) is 5.91 Å². The Morgan fingerprint density at radius 1 is 1.42 bits per heavy atom. The molecule has 0 bridgehead atoms.